The smallest absolute Gasteiger partial charge is 0.227 e. The van der Waals surface area contributed by atoms with E-state index in [0.717, 1.165) is 30.7 Å². The van der Waals surface area contributed by atoms with E-state index < -0.39 is 0 Å². The summed E-state index contributed by atoms with van der Waals surface area (Å²) in [5, 5.41) is 3.00. The van der Waals surface area contributed by atoms with Gasteiger partial charge in [-0.1, -0.05) is 18.6 Å². The van der Waals surface area contributed by atoms with Crippen LogP contribution in [0.2, 0.25) is 0 Å². The summed E-state index contributed by atoms with van der Waals surface area (Å²) in [5.74, 6) is 1.14. The van der Waals surface area contributed by atoms with Crippen LogP contribution in [0.1, 0.15) is 33.1 Å². The Balaban J connectivity index is 2.07. The van der Waals surface area contributed by atoms with E-state index in [0.29, 0.717) is 12.5 Å². The number of carbonyl (C=O) groups is 1. The van der Waals surface area contributed by atoms with Crippen molar-refractivity contribution in [2.75, 3.05) is 11.9 Å². The lowest BCUT2D eigenvalue weighted by molar-refractivity contribution is -0.120. The summed E-state index contributed by atoms with van der Waals surface area (Å²) in [6.07, 6.45) is 3.15. The lowest BCUT2D eigenvalue weighted by Crippen LogP contribution is -2.30. The third-order valence-corrected chi connectivity index (χ3v) is 3.81. The Bertz CT molecular complexity index is 460. The number of benzene rings is 1. The van der Waals surface area contributed by atoms with E-state index in [4.69, 9.17) is 10.5 Å². The Morgan fingerprint density at radius 3 is 2.85 bits per heavy atom. The van der Waals surface area contributed by atoms with Crippen LogP contribution in [0.5, 0.6) is 5.75 Å². The number of nitrogens with one attached hydrogen (secondary N) is 1. The van der Waals surface area contributed by atoms with Crippen LogP contribution < -0.4 is 15.8 Å². The van der Waals surface area contributed by atoms with Gasteiger partial charge in [-0.15, -0.1) is 0 Å². The van der Waals surface area contributed by atoms with Gasteiger partial charge in [0, 0.05) is 5.92 Å². The molecule has 4 heteroatoms. The molecule has 1 amide bonds. The molecule has 2 atom stereocenters. The Morgan fingerprint density at radius 2 is 2.15 bits per heavy atom. The number of hydrogen-bond acceptors (Lipinski definition) is 3. The van der Waals surface area contributed by atoms with E-state index in [1.807, 2.05) is 38.1 Å². The van der Waals surface area contributed by atoms with Crippen molar-refractivity contribution in [1.29, 1.82) is 0 Å². The summed E-state index contributed by atoms with van der Waals surface area (Å²) in [4.78, 5) is 12.4. The maximum Gasteiger partial charge on any atom is 0.227 e. The minimum absolute atomic E-state index is 0.0344. The molecule has 2 rings (SSSR count). The average Bonchev–Trinajstić information content (AvgIpc) is 2.88. The van der Waals surface area contributed by atoms with Gasteiger partial charge in [0.1, 0.15) is 5.75 Å². The molecule has 0 spiro atoms. The molecule has 1 aliphatic carbocycles. The maximum absolute atomic E-state index is 12.4. The Labute approximate surface area is 120 Å². The van der Waals surface area contributed by atoms with Crippen molar-refractivity contribution >= 4 is 11.6 Å². The molecular weight excluding hydrogens is 252 g/mol. The SMILES string of the molecule is CC(C)Oc1ccccc1NC(=O)C1CCCC1CN. The fraction of sp³-hybridized carbons (Fsp3) is 0.562. The molecule has 20 heavy (non-hydrogen) atoms. The second kappa shape index (κ2) is 6.75. The van der Waals surface area contributed by atoms with Crippen LogP contribution in [0.4, 0.5) is 5.69 Å². The predicted octanol–water partition coefficient (Wildman–Crippen LogP) is 2.79. The zero-order chi connectivity index (χ0) is 14.5. The largest absolute Gasteiger partial charge is 0.489 e. The number of hydrogen-bond donors (Lipinski definition) is 2. The van der Waals surface area contributed by atoms with Crippen molar-refractivity contribution in [3.05, 3.63) is 24.3 Å². The first-order chi connectivity index (χ1) is 9.61. The van der Waals surface area contributed by atoms with Gasteiger partial charge in [-0.3, -0.25) is 4.79 Å². The highest BCUT2D eigenvalue weighted by Crippen LogP contribution is 2.33. The van der Waals surface area contributed by atoms with Gasteiger partial charge in [0.25, 0.3) is 0 Å². The molecule has 0 bridgehead atoms. The zero-order valence-electron chi connectivity index (χ0n) is 12.3. The number of rotatable bonds is 5. The quantitative estimate of drug-likeness (QED) is 0.869. The van der Waals surface area contributed by atoms with Gasteiger partial charge in [0.15, 0.2) is 0 Å². The van der Waals surface area contributed by atoms with E-state index in [1.54, 1.807) is 0 Å². The van der Waals surface area contributed by atoms with Crippen LogP contribution in [0.15, 0.2) is 24.3 Å². The normalized spacial score (nSPS) is 22.0. The third-order valence-electron chi connectivity index (χ3n) is 3.81. The van der Waals surface area contributed by atoms with Gasteiger partial charge in [0.05, 0.1) is 11.8 Å². The topological polar surface area (TPSA) is 64.3 Å². The summed E-state index contributed by atoms with van der Waals surface area (Å²) in [5.41, 5.74) is 6.49. The average molecular weight is 276 g/mol. The predicted molar refractivity (Wildman–Crippen MR) is 80.7 cm³/mol. The van der Waals surface area contributed by atoms with E-state index in [-0.39, 0.29) is 17.9 Å². The highest BCUT2D eigenvalue weighted by atomic mass is 16.5. The second-order valence-electron chi connectivity index (χ2n) is 5.69. The zero-order valence-corrected chi connectivity index (χ0v) is 12.3. The molecule has 1 aliphatic rings. The number of para-hydroxylation sites is 2. The first kappa shape index (κ1) is 14.9. The summed E-state index contributed by atoms with van der Waals surface area (Å²) in [6.45, 7) is 4.53. The van der Waals surface area contributed by atoms with Crippen molar-refractivity contribution in [2.45, 2.75) is 39.2 Å². The minimum atomic E-state index is 0.0344. The van der Waals surface area contributed by atoms with Crippen LogP contribution in [-0.2, 0) is 4.79 Å². The van der Waals surface area contributed by atoms with Crippen molar-refractivity contribution < 1.29 is 9.53 Å². The first-order valence-electron chi connectivity index (χ1n) is 7.38. The van der Waals surface area contributed by atoms with Crippen molar-refractivity contribution in [1.82, 2.24) is 0 Å². The number of nitrogens with two attached hydrogens (primary N) is 1. The van der Waals surface area contributed by atoms with Gasteiger partial charge in [-0.25, -0.2) is 0 Å². The highest BCUT2D eigenvalue weighted by molar-refractivity contribution is 5.94. The molecule has 1 fully saturated rings. The monoisotopic (exact) mass is 276 g/mol. The van der Waals surface area contributed by atoms with Crippen LogP contribution in [-0.4, -0.2) is 18.6 Å². The Morgan fingerprint density at radius 1 is 1.40 bits per heavy atom. The lowest BCUT2D eigenvalue weighted by atomic mass is 9.95. The first-order valence-corrected chi connectivity index (χ1v) is 7.38. The molecule has 1 saturated carbocycles. The number of carbonyl (C=O) groups excluding carboxylic acids is 1. The molecule has 110 valence electrons. The summed E-state index contributed by atoms with van der Waals surface area (Å²) in [6, 6.07) is 7.57. The van der Waals surface area contributed by atoms with Crippen LogP contribution >= 0.6 is 0 Å². The molecule has 2 unspecified atom stereocenters. The molecule has 0 heterocycles. The summed E-state index contributed by atoms with van der Waals surface area (Å²) in [7, 11) is 0. The number of amides is 1. The molecule has 4 nitrogen and oxygen atoms in total. The van der Waals surface area contributed by atoms with Gasteiger partial charge < -0.3 is 15.8 Å². The minimum Gasteiger partial charge on any atom is -0.489 e. The fourth-order valence-corrected chi connectivity index (χ4v) is 2.82. The van der Waals surface area contributed by atoms with Crippen LogP contribution in [0, 0.1) is 11.8 Å². The molecule has 0 aliphatic heterocycles. The molecule has 1 aromatic rings. The van der Waals surface area contributed by atoms with Crippen LogP contribution in [0.3, 0.4) is 0 Å². The highest BCUT2D eigenvalue weighted by Gasteiger charge is 2.32. The molecule has 0 aromatic heterocycles. The molecule has 0 radical (unpaired) electrons. The molecule has 0 saturated heterocycles. The van der Waals surface area contributed by atoms with Gasteiger partial charge in [-0.2, -0.15) is 0 Å². The van der Waals surface area contributed by atoms with E-state index in [2.05, 4.69) is 5.32 Å². The van der Waals surface area contributed by atoms with E-state index in [1.165, 1.54) is 0 Å². The molecule has 3 N–H and O–H groups in total. The van der Waals surface area contributed by atoms with Crippen molar-refractivity contribution in [2.24, 2.45) is 17.6 Å². The van der Waals surface area contributed by atoms with Crippen molar-refractivity contribution in [3.63, 3.8) is 0 Å². The lowest BCUT2D eigenvalue weighted by Gasteiger charge is -2.19. The third kappa shape index (κ3) is 3.51. The Kier molecular flexibility index (Phi) is 5.01. The van der Waals surface area contributed by atoms with Gasteiger partial charge >= 0.3 is 0 Å². The van der Waals surface area contributed by atoms with E-state index in [9.17, 15) is 4.79 Å². The molecule has 1 aromatic carbocycles. The Hall–Kier alpha value is -1.55. The van der Waals surface area contributed by atoms with Gasteiger partial charge in [0.2, 0.25) is 5.91 Å². The standard InChI is InChI=1S/C16H24N2O2/c1-11(2)20-15-9-4-3-8-14(15)18-16(19)13-7-5-6-12(13)10-17/h3-4,8-9,11-13H,5-7,10,17H2,1-2H3,(H,18,19). The number of anilines is 1. The molecular formula is C16H24N2O2. The van der Waals surface area contributed by atoms with Crippen molar-refractivity contribution in [3.8, 4) is 5.75 Å². The second-order valence-corrected chi connectivity index (χ2v) is 5.69. The van der Waals surface area contributed by atoms with Gasteiger partial charge in [-0.05, 0) is 51.3 Å². The fourth-order valence-electron chi connectivity index (χ4n) is 2.82. The van der Waals surface area contributed by atoms with Crippen LogP contribution in [0.25, 0.3) is 0 Å². The summed E-state index contributed by atoms with van der Waals surface area (Å²) < 4.78 is 5.72. The maximum atomic E-state index is 12.4. The summed E-state index contributed by atoms with van der Waals surface area (Å²) >= 11 is 0. The van der Waals surface area contributed by atoms with E-state index >= 15 is 0 Å². The number of ether oxygens (including phenoxy) is 1.